The maximum Gasteiger partial charge on any atom is 0.305 e. The highest BCUT2D eigenvalue weighted by Crippen LogP contribution is 2.30. The molecular weight excluding hydrogens is 324 g/mol. The van der Waals surface area contributed by atoms with Crippen LogP contribution in [0.5, 0.6) is 0 Å². The Hall–Kier alpha value is -2.16. The van der Waals surface area contributed by atoms with Gasteiger partial charge >= 0.3 is 23.9 Å². The number of rotatable bonds is 5. The third-order valence-electron chi connectivity index (χ3n) is 3.18. The number of ether oxygens (including phenoxy) is 5. The van der Waals surface area contributed by atoms with E-state index >= 15 is 0 Å². The molecule has 24 heavy (non-hydrogen) atoms. The molecule has 0 bridgehead atoms. The number of carbonyl (C=O) groups is 4. The summed E-state index contributed by atoms with van der Waals surface area (Å²) in [6.45, 7) is 6.41. The largest absolute Gasteiger partial charge is 0.456 e. The number of esters is 4. The Morgan fingerprint density at radius 2 is 1.12 bits per heavy atom. The van der Waals surface area contributed by atoms with Crippen molar-refractivity contribution in [1.82, 2.24) is 0 Å². The third kappa shape index (κ3) is 5.48. The van der Waals surface area contributed by atoms with Gasteiger partial charge in [0.15, 0.2) is 12.2 Å². The lowest BCUT2D eigenvalue weighted by molar-refractivity contribution is -0.296. The molecule has 1 aliphatic rings. The molecule has 1 heterocycles. The fourth-order valence-corrected chi connectivity index (χ4v) is 2.44. The van der Waals surface area contributed by atoms with Crippen LogP contribution in [0.3, 0.4) is 0 Å². The van der Waals surface area contributed by atoms with Crippen molar-refractivity contribution in [2.75, 3.05) is 0 Å². The molecule has 0 spiro atoms. The predicted molar refractivity (Wildman–Crippen MR) is 77.4 cm³/mol. The topological polar surface area (TPSA) is 114 Å². The van der Waals surface area contributed by atoms with Gasteiger partial charge in [0.1, 0.15) is 6.10 Å². The van der Waals surface area contributed by atoms with E-state index < -0.39 is 54.6 Å². The molecule has 1 aliphatic heterocycles. The summed E-state index contributed by atoms with van der Waals surface area (Å²) in [6, 6.07) is 0. The average Bonchev–Trinajstić information content (AvgIpc) is 2.42. The Bertz CT molecular complexity index is 501. The van der Waals surface area contributed by atoms with Gasteiger partial charge in [-0.25, -0.2) is 0 Å². The van der Waals surface area contributed by atoms with E-state index in [1.807, 2.05) is 0 Å². The van der Waals surface area contributed by atoms with Gasteiger partial charge in [-0.2, -0.15) is 0 Å². The molecule has 0 radical (unpaired) electrons. The normalized spacial score (nSPS) is 29.3. The zero-order chi connectivity index (χ0) is 18.4. The van der Waals surface area contributed by atoms with Crippen LogP contribution >= 0.6 is 0 Å². The van der Waals surface area contributed by atoms with Gasteiger partial charge in [0.2, 0.25) is 12.4 Å². The van der Waals surface area contributed by atoms with Crippen molar-refractivity contribution in [2.24, 2.45) is 0 Å². The molecule has 0 N–H and O–H groups in total. The lowest BCUT2D eigenvalue weighted by atomic mass is 9.96. The first-order valence-corrected chi connectivity index (χ1v) is 7.50. The monoisotopic (exact) mass is 346 g/mol. The highest BCUT2D eigenvalue weighted by atomic mass is 16.7. The van der Waals surface area contributed by atoms with Crippen LogP contribution in [-0.4, -0.2) is 54.6 Å². The summed E-state index contributed by atoms with van der Waals surface area (Å²) < 4.78 is 26.1. The first-order chi connectivity index (χ1) is 11.1. The van der Waals surface area contributed by atoms with E-state index in [0.717, 1.165) is 20.8 Å². The van der Waals surface area contributed by atoms with E-state index in [9.17, 15) is 19.2 Å². The van der Waals surface area contributed by atoms with Gasteiger partial charge in [-0.3, -0.25) is 19.2 Å². The van der Waals surface area contributed by atoms with Gasteiger partial charge in [-0.05, 0) is 6.42 Å². The highest BCUT2D eigenvalue weighted by Gasteiger charge is 2.52. The van der Waals surface area contributed by atoms with Crippen molar-refractivity contribution in [3.63, 3.8) is 0 Å². The number of hydrogen-bond acceptors (Lipinski definition) is 9. The smallest absolute Gasteiger partial charge is 0.305 e. The quantitative estimate of drug-likeness (QED) is 0.518. The summed E-state index contributed by atoms with van der Waals surface area (Å²) in [6.07, 6.45) is -5.06. The van der Waals surface area contributed by atoms with Crippen LogP contribution in [0.4, 0.5) is 0 Å². The maximum atomic E-state index is 11.4. The third-order valence-corrected chi connectivity index (χ3v) is 3.18. The molecule has 1 fully saturated rings. The molecule has 5 atom stereocenters. The fourth-order valence-electron chi connectivity index (χ4n) is 2.44. The van der Waals surface area contributed by atoms with Gasteiger partial charge in [0.05, 0.1) is 0 Å². The molecule has 0 aromatic heterocycles. The lowest BCUT2D eigenvalue weighted by Gasteiger charge is -2.43. The molecule has 9 nitrogen and oxygen atoms in total. The van der Waals surface area contributed by atoms with Crippen molar-refractivity contribution in [2.45, 2.75) is 71.7 Å². The summed E-state index contributed by atoms with van der Waals surface area (Å²) in [4.78, 5) is 45.5. The second kappa shape index (κ2) is 8.62. The second-order valence-corrected chi connectivity index (χ2v) is 5.28. The van der Waals surface area contributed by atoms with E-state index in [1.54, 1.807) is 6.92 Å². The number of hydrogen-bond donors (Lipinski definition) is 0. The van der Waals surface area contributed by atoms with Crippen molar-refractivity contribution < 1.29 is 42.9 Å². The first kappa shape index (κ1) is 19.9. The molecule has 0 amide bonds. The van der Waals surface area contributed by atoms with Crippen LogP contribution in [0.1, 0.15) is 41.0 Å². The van der Waals surface area contributed by atoms with E-state index in [4.69, 9.17) is 23.7 Å². The minimum atomic E-state index is -1.28. The Kier molecular flexibility index (Phi) is 7.15. The van der Waals surface area contributed by atoms with Crippen LogP contribution in [0, 0.1) is 0 Å². The summed E-state index contributed by atoms with van der Waals surface area (Å²) in [5, 5.41) is 0. The standard InChI is InChI=1S/C15H22O9/c1-6-11-12(20-7(2)16)13(21-8(3)17)14(22-9(4)18)15(24-11)23-10(5)19/h11-15H,6H2,1-5H3/t11?,12-,13+,14?,15+/m0/s1. The first-order valence-electron chi connectivity index (χ1n) is 7.50. The molecule has 0 saturated carbocycles. The predicted octanol–water partition coefficient (Wildman–Crippen LogP) is 0.479. The molecule has 2 unspecified atom stereocenters. The molecular formula is C15H22O9. The van der Waals surface area contributed by atoms with Gasteiger partial charge in [-0.15, -0.1) is 0 Å². The zero-order valence-corrected chi connectivity index (χ0v) is 14.3. The van der Waals surface area contributed by atoms with Crippen molar-refractivity contribution in [3.05, 3.63) is 0 Å². The summed E-state index contributed by atoms with van der Waals surface area (Å²) >= 11 is 0. The van der Waals surface area contributed by atoms with E-state index in [-0.39, 0.29) is 0 Å². The van der Waals surface area contributed by atoms with E-state index in [0.29, 0.717) is 6.42 Å². The van der Waals surface area contributed by atoms with Crippen molar-refractivity contribution in [3.8, 4) is 0 Å². The Balaban J connectivity index is 3.23. The van der Waals surface area contributed by atoms with Crippen LogP contribution in [0.25, 0.3) is 0 Å². The zero-order valence-electron chi connectivity index (χ0n) is 14.3. The van der Waals surface area contributed by atoms with Crippen LogP contribution in [0.2, 0.25) is 0 Å². The molecule has 1 rings (SSSR count). The van der Waals surface area contributed by atoms with Gasteiger partial charge in [0, 0.05) is 27.7 Å². The maximum absolute atomic E-state index is 11.4. The molecule has 0 aromatic rings. The fraction of sp³-hybridized carbons (Fsp3) is 0.733. The molecule has 9 heteroatoms. The SMILES string of the molecule is CCC1O[C@@H](OC(C)=O)C(OC(C)=O)[C@H](OC(C)=O)[C@H]1OC(C)=O. The van der Waals surface area contributed by atoms with Gasteiger partial charge in [-0.1, -0.05) is 6.92 Å². The number of carbonyl (C=O) groups excluding carboxylic acids is 4. The van der Waals surface area contributed by atoms with Crippen LogP contribution < -0.4 is 0 Å². The molecule has 136 valence electrons. The van der Waals surface area contributed by atoms with E-state index in [2.05, 4.69) is 0 Å². The summed E-state index contributed by atoms with van der Waals surface area (Å²) in [7, 11) is 0. The van der Waals surface area contributed by atoms with Crippen LogP contribution in [-0.2, 0) is 42.9 Å². The Labute approximate surface area is 139 Å². The summed E-state index contributed by atoms with van der Waals surface area (Å²) in [5.41, 5.74) is 0. The Morgan fingerprint density at radius 1 is 0.708 bits per heavy atom. The molecule has 1 saturated heterocycles. The van der Waals surface area contributed by atoms with Gasteiger partial charge < -0.3 is 23.7 Å². The minimum Gasteiger partial charge on any atom is -0.456 e. The second-order valence-electron chi connectivity index (χ2n) is 5.28. The van der Waals surface area contributed by atoms with Crippen molar-refractivity contribution in [1.29, 1.82) is 0 Å². The minimum absolute atomic E-state index is 0.375. The average molecular weight is 346 g/mol. The lowest BCUT2D eigenvalue weighted by Crippen LogP contribution is -2.61. The van der Waals surface area contributed by atoms with Gasteiger partial charge in [0.25, 0.3) is 0 Å². The Morgan fingerprint density at radius 3 is 1.54 bits per heavy atom. The molecule has 0 aromatic carbocycles. The summed E-state index contributed by atoms with van der Waals surface area (Å²) in [5.74, 6) is -2.66. The molecule has 0 aliphatic carbocycles. The highest BCUT2D eigenvalue weighted by molar-refractivity contribution is 5.69. The van der Waals surface area contributed by atoms with E-state index in [1.165, 1.54) is 6.92 Å². The van der Waals surface area contributed by atoms with Crippen LogP contribution in [0.15, 0.2) is 0 Å². The van der Waals surface area contributed by atoms with Crippen molar-refractivity contribution >= 4 is 23.9 Å².